The molecule has 5 nitrogen and oxygen atoms in total. The predicted octanol–water partition coefficient (Wildman–Crippen LogP) is 3.22. The lowest BCUT2D eigenvalue weighted by atomic mass is 10.2. The van der Waals surface area contributed by atoms with Gasteiger partial charge in [-0.3, -0.25) is 14.0 Å². The fourth-order valence-corrected chi connectivity index (χ4v) is 3.14. The summed E-state index contributed by atoms with van der Waals surface area (Å²) in [6, 6.07) is 6.68. The lowest BCUT2D eigenvalue weighted by Crippen LogP contribution is -2.27. The minimum absolute atomic E-state index is 0.0144. The Bertz CT molecular complexity index is 899. The molecule has 0 radical (unpaired) electrons. The molecular weight excluding hydrogens is 322 g/mol. The van der Waals surface area contributed by atoms with Crippen LogP contribution in [0.1, 0.15) is 23.0 Å². The van der Waals surface area contributed by atoms with Crippen LogP contribution in [0.2, 0.25) is 5.02 Å². The molecule has 1 N–H and O–H groups in total. The zero-order chi connectivity index (χ0) is 15.7. The van der Waals surface area contributed by atoms with Gasteiger partial charge in [-0.25, -0.2) is 4.98 Å². The van der Waals surface area contributed by atoms with E-state index < -0.39 is 5.91 Å². The lowest BCUT2D eigenvalue weighted by molar-refractivity contribution is 0.102. The summed E-state index contributed by atoms with van der Waals surface area (Å²) in [7, 11) is 0. The largest absolute Gasteiger partial charge is 0.322 e. The van der Waals surface area contributed by atoms with E-state index in [0.717, 1.165) is 5.69 Å². The van der Waals surface area contributed by atoms with Gasteiger partial charge in [-0.2, -0.15) is 0 Å². The second-order valence-corrected chi connectivity index (χ2v) is 5.91. The summed E-state index contributed by atoms with van der Waals surface area (Å²) in [5.41, 5.74) is 1.08. The Morgan fingerprint density at radius 2 is 2.09 bits per heavy atom. The van der Waals surface area contributed by atoms with Crippen LogP contribution in [-0.4, -0.2) is 15.3 Å². The Kier molecular flexibility index (Phi) is 3.96. The molecule has 0 fully saturated rings. The summed E-state index contributed by atoms with van der Waals surface area (Å²) in [4.78, 5) is 29.6. The molecule has 0 saturated carbocycles. The van der Waals surface area contributed by atoms with E-state index in [2.05, 4.69) is 10.3 Å². The molecule has 22 heavy (non-hydrogen) atoms. The number of halogens is 1. The quantitative estimate of drug-likeness (QED) is 0.800. The summed E-state index contributed by atoms with van der Waals surface area (Å²) in [6.45, 7) is 1.95. The van der Waals surface area contributed by atoms with Crippen LogP contribution in [0.3, 0.4) is 0 Å². The maximum atomic E-state index is 12.5. The molecule has 0 aliphatic heterocycles. The van der Waals surface area contributed by atoms with Gasteiger partial charge >= 0.3 is 0 Å². The molecule has 112 valence electrons. The van der Waals surface area contributed by atoms with Gasteiger partial charge in [0.05, 0.1) is 0 Å². The van der Waals surface area contributed by atoms with E-state index >= 15 is 0 Å². The number of fused-ring (bicyclic) bond motifs is 1. The van der Waals surface area contributed by atoms with E-state index in [0.29, 0.717) is 22.1 Å². The lowest BCUT2D eigenvalue weighted by Gasteiger charge is -2.05. The molecular formula is C15H12ClN3O2S. The number of hydrogen-bond donors (Lipinski definition) is 1. The van der Waals surface area contributed by atoms with Crippen molar-refractivity contribution in [2.75, 3.05) is 5.32 Å². The fraction of sp³-hybridized carbons (Fsp3) is 0.133. The Morgan fingerprint density at radius 1 is 1.36 bits per heavy atom. The molecule has 0 unspecified atom stereocenters. The molecule has 0 atom stereocenters. The summed E-state index contributed by atoms with van der Waals surface area (Å²) in [6.07, 6.45) is 2.02. The zero-order valence-corrected chi connectivity index (χ0v) is 13.2. The van der Waals surface area contributed by atoms with Gasteiger partial charge in [0.15, 0.2) is 4.96 Å². The number of carbonyl (C=O) groups excluding carboxylic acids is 1. The number of benzene rings is 1. The Hall–Kier alpha value is -2.18. The predicted molar refractivity (Wildman–Crippen MR) is 88.1 cm³/mol. The van der Waals surface area contributed by atoms with Gasteiger partial charge in [-0.15, -0.1) is 11.3 Å². The highest BCUT2D eigenvalue weighted by atomic mass is 35.5. The van der Waals surface area contributed by atoms with Gasteiger partial charge in [0, 0.05) is 28.0 Å². The number of anilines is 1. The first-order valence-corrected chi connectivity index (χ1v) is 7.91. The van der Waals surface area contributed by atoms with Gasteiger partial charge in [0.25, 0.3) is 11.5 Å². The molecule has 3 aromatic rings. The van der Waals surface area contributed by atoms with Crippen LogP contribution in [0.5, 0.6) is 0 Å². The van der Waals surface area contributed by atoms with Crippen molar-refractivity contribution < 1.29 is 4.79 Å². The fourth-order valence-electron chi connectivity index (χ4n) is 2.08. The van der Waals surface area contributed by atoms with Crippen LogP contribution in [-0.2, 0) is 6.42 Å². The van der Waals surface area contributed by atoms with E-state index in [-0.39, 0.29) is 11.1 Å². The third-order valence-corrected chi connectivity index (χ3v) is 4.37. The van der Waals surface area contributed by atoms with Gasteiger partial charge in [0.2, 0.25) is 0 Å². The van der Waals surface area contributed by atoms with Gasteiger partial charge < -0.3 is 5.32 Å². The molecule has 2 aromatic heterocycles. The summed E-state index contributed by atoms with van der Waals surface area (Å²) >= 11 is 7.19. The van der Waals surface area contributed by atoms with Crippen LogP contribution >= 0.6 is 22.9 Å². The molecule has 0 aliphatic carbocycles. The van der Waals surface area contributed by atoms with Crippen LogP contribution in [0.15, 0.2) is 40.6 Å². The van der Waals surface area contributed by atoms with Gasteiger partial charge in [-0.05, 0) is 30.7 Å². The van der Waals surface area contributed by atoms with Gasteiger partial charge in [0.1, 0.15) is 5.56 Å². The topological polar surface area (TPSA) is 63.5 Å². The summed E-state index contributed by atoms with van der Waals surface area (Å²) in [5, 5.41) is 5.13. The Balaban J connectivity index is 1.99. The molecule has 0 bridgehead atoms. The van der Waals surface area contributed by atoms with E-state index in [9.17, 15) is 9.59 Å². The van der Waals surface area contributed by atoms with Crippen molar-refractivity contribution in [1.82, 2.24) is 9.38 Å². The first-order chi connectivity index (χ1) is 10.6. The molecule has 2 heterocycles. The molecule has 1 aromatic carbocycles. The van der Waals surface area contributed by atoms with Crippen molar-refractivity contribution in [2.24, 2.45) is 0 Å². The molecule has 0 spiro atoms. The normalized spacial score (nSPS) is 10.8. The van der Waals surface area contributed by atoms with E-state index in [4.69, 9.17) is 11.6 Å². The number of thiazole rings is 1. The average molecular weight is 334 g/mol. The first-order valence-electron chi connectivity index (χ1n) is 6.65. The maximum absolute atomic E-state index is 12.5. The number of nitrogens with one attached hydrogen (secondary N) is 1. The maximum Gasteiger partial charge on any atom is 0.271 e. The van der Waals surface area contributed by atoms with Gasteiger partial charge in [-0.1, -0.05) is 18.5 Å². The first kappa shape index (κ1) is 14.7. The zero-order valence-electron chi connectivity index (χ0n) is 11.7. The SMILES string of the molecule is CCc1csc2ncc(C(=O)Nc3ccc(Cl)cc3)c(=O)n12. The van der Waals surface area contributed by atoms with Crippen LogP contribution < -0.4 is 10.9 Å². The standard InChI is InChI=1S/C15H12ClN3O2S/c1-2-11-8-22-15-17-7-12(14(21)19(11)15)13(20)18-10-5-3-9(16)4-6-10/h3-8H,2H2,1H3,(H,18,20). The molecule has 0 saturated heterocycles. The Labute approximate surface area is 135 Å². The molecule has 3 rings (SSSR count). The number of aryl methyl sites for hydroxylation is 1. The van der Waals surface area contributed by atoms with E-state index in [1.165, 1.54) is 21.9 Å². The third kappa shape index (κ3) is 2.63. The van der Waals surface area contributed by atoms with Crippen molar-refractivity contribution in [3.05, 3.63) is 62.5 Å². The number of hydrogen-bond acceptors (Lipinski definition) is 4. The summed E-state index contributed by atoms with van der Waals surface area (Å²) in [5.74, 6) is -0.484. The van der Waals surface area contributed by atoms with Crippen molar-refractivity contribution in [3.8, 4) is 0 Å². The number of nitrogens with zero attached hydrogens (tertiary/aromatic N) is 2. The highest BCUT2D eigenvalue weighted by molar-refractivity contribution is 7.15. The number of aromatic nitrogens is 2. The molecule has 0 aliphatic rings. The van der Waals surface area contributed by atoms with E-state index in [1.54, 1.807) is 24.3 Å². The Morgan fingerprint density at radius 3 is 2.77 bits per heavy atom. The highest BCUT2D eigenvalue weighted by Crippen LogP contribution is 2.15. The van der Waals surface area contributed by atoms with Crippen molar-refractivity contribution in [3.63, 3.8) is 0 Å². The van der Waals surface area contributed by atoms with Crippen molar-refractivity contribution >= 4 is 39.5 Å². The molecule has 7 heteroatoms. The number of rotatable bonds is 3. The number of carbonyl (C=O) groups is 1. The van der Waals surface area contributed by atoms with Crippen LogP contribution in [0, 0.1) is 0 Å². The number of amides is 1. The third-order valence-electron chi connectivity index (χ3n) is 3.23. The smallest absolute Gasteiger partial charge is 0.271 e. The van der Waals surface area contributed by atoms with Crippen molar-refractivity contribution in [1.29, 1.82) is 0 Å². The second-order valence-electron chi connectivity index (χ2n) is 4.64. The van der Waals surface area contributed by atoms with Crippen molar-refractivity contribution in [2.45, 2.75) is 13.3 Å². The average Bonchev–Trinajstić information content (AvgIpc) is 2.94. The minimum atomic E-state index is -0.484. The van der Waals surface area contributed by atoms with E-state index in [1.807, 2.05) is 12.3 Å². The second kappa shape index (κ2) is 5.90. The highest BCUT2D eigenvalue weighted by Gasteiger charge is 2.15. The molecule has 1 amide bonds. The summed E-state index contributed by atoms with van der Waals surface area (Å²) < 4.78 is 1.49. The van der Waals surface area contributed by atoms with Crippen LogP contribution in [0.25, 0.3) is 4.96 Å². The van der Waals surface area contributed by atoms with Crippen LogP contribution in [0.4, 0.5) is 5.69 Å². The monoisotopic (exact) mass is 333 g/mol. The minimum Gasteiger partial charge on any atom is -0.322 e.